The number of imide groups is 2. The van der Waals surface area contributed by atoms with E-state index in [1.165, 1.54) is 5.57 Å². The van der Waals surface area contributed by atoms with Crippen LogP contribution in [0, 0.1) is 5.92 Å². The van der Waals surface area contributed by atoms with Crippen LogP contribution in [0.4, 0.5) is 0 Å². The molecule has 1 aromatic rings. The predicted octanol–water partition coefficient (Wildman–Crippen LogP) is 2.29. The summed E-state index contributed by atoms with van der Waals surface area (Å²) in [6.45, 7) is 2.17. The van der Waals surface area contributed by atoms with E-state index in [0.29, 0.717) is 17.0 Å². The van der Waals surface area contributed by atoms with Crippen molar-refractivity contribution in [3.05, 3.63) is 41.0 Å². The van der Waals surface area contributed by atoms with Crippen LogP contribution in [0.5, 0.6) is 0 Å². The molecule has 4 rings (SSSR count). The number of carbonyl (C=O) groups excluding carboxylic acids is 4. The van der Waals surface area contributed by atoms with Gasteiger partial charge in [-0.25, -0.2) is 0 Å². The smallest absolute Gasteiger partial charge is 0.262 e. The van der Waals surface area contributed by atoms with E-state index in [-0.39, 0.29) is 18.7 Å². The van der Waals surface area contributed by atoms with Gasteiger partial charge in [0, 0.05) is 6.42 Å². The summed E-state index contributed by atoms with van der Waals surface area (Å²) in [6.07, 6.45) is 5.76. The minimum absolute atomic E-state index is 0.125. The second kappa shape index (κ2) is 6.20. The van der Waals surface area contributed by atoms with E-state index < -0.39 is 23.8 Å². The van der Waals surface area contributed by atoms with Crippen molar-refractivity contribution in [2.24, 2.45) is 5.92 Å². The lowest BCUT2D eigenvalue weighted by molar-refractivity contribution is -0.136. The monoisotopic (exact) mass is 352 g/mol. The van der Waals surface area contributed by atoms with Crippen LogP contribution in [-0.4, -0.2) is 34.6 Å². The summed E-state index contributed by atoms with van der Waals surface area (Å²) >= 11 is 0. The third kappa shape index (κ3) is 2.66. The molecule has 6 heteroatoms. The molecule has 2 aliphatic heterocycles. The van der Waals surface area contributed by atoms with Crippen LogP contribution in [0.1, 0.15) is 65.3 Å². The van der Waals surface area contributed by atoms with Gasteiger partial charge in [-0.3, -0.25) is 29.4 Å². The van der Waals surface area contributed by atoms with Crippen LogP contribution in [0.25, 0.3) is 5.57 Å². The first-order chi connectivity index (χ1) is 12.5. The summed E-state index contributed by atoms with van der Waals surface area (Å²) in [5, 5.41) is 2.21. The molecule has 1 N–H and O–H groups in total. The van der Waals surface area contributed by atoms with Crippen molar-refractivity contribution in [3.8, 4) is 0 Å². The predicted molar refractivity (Wildman–Crippen MR) is 94.1 cm³/mol. The molecule has 2 heterocycles. The van der Waals surface area contributed by atoms with Gasteiger partial charge in [-0.2, -0.15) is 0 Å². The Labute approximate surface area is 151 Å². The molecular weight excluding hydrogens is 332 g/mol. The first-order valence-electron chi connectivity index (χ1n) is 9.02. The molecule has 134 valence electrons. The highest BCUT2D eigenvalue weighted by Crippen LogP contribution is 2.34. The maximum absolute atomic E-state index is 12.9. The molecular formula is C20H20N2O4. The average molecular weight is 352 g/mol. The fourth-order valence-corrected chi connectivity index (χ4v) is 4.04. The van der Waals surface area contributed by atoms with Crippen molar-refractivity contribution < 1.29 is 19.2 Å². The molecule has 0 saturated carbocycles. The number of nitrogens with zero attached hydrogens (tertiary/aromatic N) is 1. The Balaban J connectivity index is 1.66. The highest BCUT2D eigenvalue weighted by atomic mass is 16.2. The molecule has 0 bridgehead atoms. The Kier molecular flexibility index (Phi) is 3.98. The van der Waals surface area contributed by atoms with E-state index >= 15 is 0 Å². The largest absolute Gasteiger partial charge is 0.295 e. The number of hydrogen-bond donors (Lipinski definition) is 1. The summed E-state index contributed by atoms with van der Waals surface area (Å²) in [4.78, 5) is 50.0. The van der Waals surface area contributed by atoms with Gasteiger partial charge in [0.1, 0.15) is 6.04 Å². The Morgan fingerprint density at radius 2 is 1.77 bits per heavy atom. The third-order valence-corrected chi connectivity index (χ3v) is 5.40. The van der Waals surface area contributed by atoms with Crippen LogP contribution in [0.2, 0.25) is 0 Å². The van der Waals surface area contributed by atoms with Crippen LogP contribution < -0.4 is 5.32 Å². The van der Waals surface area contributed by atoms with Gasteiger partial charge in [0.25, 0.3) is 11.8 Å². The van der Waals surface area contributed by atoms with E-state index in [9.17, 15) is 19.2 Å². The molecule has 1 fully saturated rings. The normalized spacial score (nSPS) is 25.9. The van der Waals surface area contributed by atoms with E-state index in [1.807, 2.05) is 6.07 Å². The summed E-state index contributed by atoms with van der Waals surface area (Å²) in [6, 6.07) is 4.40. The lowest BCUT2D eigenvalue weighted by Gasteiger charge is -2.27. The SMILES string of the molecule is CC1C=C(c2ccc3c(c2)C(=O)N(C2CCC(=O)NC2=O)C3=O)CCC1. The number of amides is 4. The third-order valence-electron chi connectivity index (χ3n) is 5.40. The van der Waals surface area contributed by atoms with Gasteiger partial charge < -0.3 is 0 Å². The Bertz CT molecular complexity index is 871. The van der Waals surface area contributed by atoms with Crippen molar-refractivity contribution in [1.29, 1.82) is 0 Å². The van der Waals surface area contributed by atoms with E-state index in [4.69, 9.17) is 0 Å². The van der Waals surface area contributed by atoms with Gasteiger partial charge in [0.05, 0.1) is 11.1 Å². The molecule has 1 saturated heterocycles. The molecule has 0 aromatic heterocycles. The molecule has 26 heavy (non-hydrogen) atoms. The minimum Gasteiger partial charge on any atom is -0.295 e. The van der Waals surface area contributed by atoms with Crippen LogP contribution in [0.3, 0.4) is 0 Å². The van der Waals surface area contributed by atoms with Crippen LogP contribution >= 0.6 is 0 Å². The molecule has 3 aliphatic rings. The molecule has 1 aromatic carbocycles. The van der Waals surface area contributed by atoms with Gasteiger partial charge in [0.2, 0.25) is 11.8 Å². The van der Waals surface area contributed by atoms with Crippen molar-refractivity contribution in [2.75, 3.05) is 0 Å². The van der Waals surface area contributed by atoms with Gasteiger partial charge in [0.15, 0.2) is 0 Å². The van der Waals surface area contributed by atoms with Gasteiger partial charge in [-0.1, -0.05) is 19.1 Å². The first-order valence-corrected chi connectivity index (χ1v) is 9.02. The maximum Gasteiger partial charge on any atom is 0.262 e. The number of rotatable bonds is 2. The first kappa shape index (κ1) is 16.7. The standard InChI is InChI=1S/C20H20N2O4/c1-11-3-2-4-12(9-11)13-5-6-14-15(10-13)20(26)22(19(14)25)16-7-8-17(23)21-18(16)24/h5-6,9-11,16H,2-4,7-8H2,1H3,(H,21,23,24). The molecule has 2 unspecified atom stereocenters. The fraction of sp³-hybridized carbons (Fsp3) is 0.400. The Morgan fingerprint density at radius 3 is 2.50 bits per heavy atom. The summed E-state index contributed by atoms with van der Waals surface area (Å²) in [5.41, 5.74) is 2.83. The van der Waals surface area contributed by atoms with E-state index in [0.717, 1.165) is 29.7 Å². The molecule has 6 nitrogen and oxygen atoms in total. The van der Waals surface area contributed by atoms with Gasteiger partial charge in [-0.05, 0) is 54.9 Å². The zero-order chi connectivity index (χ0) is 18.4. The maximum atomic E-state index is 12.9. The Morgan fingerprint density at radius 1 is 1.00 bits per heavy atom. The minimum atomic E-state index is -0.919. The zero-order valence-electron chi connectivity index (χ0n) is 14.6. The quantitative estimate of drug-likeness (QED) is 0.828. The number of hydrogen-bond acceptors (Lipinski definition) is 4. The molecule has 0 spiro atoms. The molecule has 0 radical (unpaired) electrons. The summed E-state index contributed by atoms with van der Waals surface area (Å²) < 4.78 is 0. The topological polar surface area (TPSA) is 83.6 Å². The van der Waals surface area contributed by atoms with Gasteiger partial charge >= 0.3 is 0 Å². The van der Waals surface area contributed by atoms with Crippen molar-refractivity contribution in [1.82, 2.24) is 10.2 Å². The van der Waals surface area contributed by atoms with Crippen molar-refractivity contribution >= 4 is 29.2 Å². The van der Waals surface area contributed by atoms with Crippen molar-refractivity contribution in [3.63, 3.8) is 0 Å². The van der Waals surface area contributed by atoms with E-state index in [1.54, 1.807) is 12.1 Å². The summed E-state index contributed by atoms with van der Waals surface area (Å²) in [5.74, 6) is -1.37. The fourth-order valence-electron chi connectivity index (χ4n) is 4.04. The second-order valence-electron chi connectivity index (χ2n) is 7.27. The molecule has 4 amide bonds. The number of benzene rings is 1. The number of allylic oxidation sites excluding steroid dienone is 2. The van der Waals surface area contributed by atoms with Crippen LogP contribution in [-0.2, 0) is 9.59 Å². The number of nitrogens with one attached hydrogen (secondary N) is 1. The lowest BCUT2D eigenvalue weighted by atomic mass is 9.87. The van der Waals surface area contributed by atoms with E-state index in [2.05, 4.69) is 18.3 Å². The Hall–Kier alpha value is -2.76. The number of fused-ring (bicyclic) bond motifs is 1. The second-order valence-corrected chi connectivity index (χ2v) is 7.27. The number of piperidine rings is 1. The highest BCUT2D eigenvalue weighted by Gasteiger charge is 2.44. The lowest BCUT2D eigenvalue weighted by Crippen LogP contribution is -2.54. The zero-order valence-corrected chi connectivity index (χ0v) is 14.6. The average Bonchev–Trinajstić information content (AvgIpc) is 2.86. The van der Waals surface area contributed by atoms with Crippen LogP contribution in [0.15, 0.2) is 24.3 Å². The number of carbonyl (C=O) groups is 4. The van der Waals surface area contributed by atoms with Crippen molar-refractivity contribution in [2.45, 2.75) is 45.1 Å². The summed E-state index contributed by atoms with van der Waals surface area (Å²) in [7, 11) is 0. The molecule has 1 aliphatic carbocycles. The highest BCUT2D eigenvalue weighted by molar-refractivity contribution is 6.23. The van der Waals surface area contributed by atoms with Gasteiger partial charge in [-0.15, -0.1) is 0 Å². The molecule has 2 atom stereocenters.